The van der Waals surface area contributed by atoms with Gasteiger partial charge >= 0.3 is 5.95 Å². The third kappa shape index (κ3) is 1.42. The first-order valence-corrected chi connectivity index (χ1v) is 1.29. The van der Waals surface area contributed by atoms with Crippen molar-refractivity contribution < 1.29 is 9.94 Å². The third-order valence-electron chi connectivity index (χ3n) is 0.263. The monoisotopic (exact) mass is 90.0 g/mol. The number of hydrogen-bond donors (Lipinski definition) is 3. The van der Waals surface area contributed by atoms with Gasteiger partial charge in [-0.25, -0.2) is 0 Å². The van der Waals surface area contributed by atoms with Gasteiger partial charge in [-0.05, 0) is 0 Å². The van der Waals surface area contributed by atoms with Crippen molar-refractivity contribution in [2.45, 2.75) is 0 Å². The molecule has 0 aliphatic heterocycles. The lowest BCUT2D eigenvalue weighted by molar-refractivity contribution is 0.0936. The molecule has 0 saturated carbocycles. The lowest BCUT2D eigenvalue weighted by Gasteiger charge is -1.88. The molecule has 0 fully saturated rings. The molecule has 0 saturated heterocycles. The lowest BCUT2D eigenvalue weighted by atomic mass is 10.9. The van der Waals surface area contributed by atoms with E-state index in [2.05, 4.69) is 16.5 Å². The van der Waals surface area contributed by atoms with Gasteiger partial charge in [0.15, 0.2) is 0 Å². The van der Waals surface area contributed by atoms with Crippen LogP contribution < -0.4 is 11.6 Å². The van der Waals surface area contributed by atoms with Crippen LogP contribution in [0.2, 0.25) is 0 Å². The molecule has 36 valence electrons. The molecule has 0 bridgehead atoms. The quantitative estimate of drug-likeness (QED) is 0.290. The maximum atomic E-state index is 8.06. The molecule has 4 heteroatoms. The molecule has 0 radical (unpaired) electrons. The number of nitrogens with two attached hydrogens (primary N) is 2. The summed E-state index contributed by atoms with van der Waals surface area (Å²) in [5.41, 5.74) is 4.67. The highest BCUT2D eigenvalue weighted by Crippen LogP contribution is 1.75. The Balaban J connectivity index is 3.22. The first kappa shape index (κ1) is 5.10. The van der Waals surface area contributed by atoms with E-state index in [1.165, 1.54) is 0 Å². The molecule has 0 rings (SSSR count). The molecule has 4 nitrogen and oxygen atoms in total. The zero-order valence-corrected chi connectivity index (χ0v) is 3.09. The molecule has 0 aliphatic carbocycles. The molecule has 0 spiro atoms. The summed E-state index contributed by atoms with van der Waals surface area (Å²) in [6, 6.07) is 0. The van der Waals surface area contributed by atoms with E-state index in [0.717, 1.165) is 6.20 Å². The van der Waals surface area contributed by atoms with Gasteiger partial charge in [0.05, 0.1) is 6.20 Å². The molecular weight excluding hydrogens is 84.0 g/mol. The number of aliphatic hydroxyl groups is 1. The summed E-state index contributed by atoms with van der Waals surface area (Å²) < 4.78 is 0. The van der Waals surface area contributed by atoms with Gasteiger partial charge in [-0.3, -0.25) is 0 Å². The largest absolute Gasteiger partial charge is 0.479 e. The zero-order chi connectivity index (χ0) is 4.99. The van der Waals surface area contributed by atoms with E-state index >= 15 is 0 Å². The molecule has 0 aliphatic rings. The summed E-state index contributed by atoms with van der Waals surface area (Å²) in [5, 5.41) is 8.06. The van der Waals surface area contributed by atoms with Gasteiger partial charge in [-0.2, -0.15) is 5.90 Å². The Labute approximate surface area is 35.0 Å². The highest BCUT2D eigenvalue weighted by Gasteiger charge is 1.78. The predicted octanol–water partition coefficient (Wildman–Crippen LogP) is -0.808. The number of rotatable bonds is 1. The summed E-state index contributed by atoms with van der Waals surface area (Å²) in [6.07, 6.45) is 0.847. The van der Waals surface area contributed by atoms with Crippen molar-refractivity contribution in [3.05, 3.63) is 12.1 Å². The Hall–Kier alpha value is -0.900. The second kappa shape index (κ2) is 2.34. The van der Waals surface area contributed by atoms with E-state index in [1.807, 2.05) is 0 Å². The summed E-state index contributed by atoms with van der Waals surface area (Å²) in [5.74, 6) is 3.91. The summed E-state index contributed by atoms with van der Waals surface area (Å²) in [7, 11) is 0. The van der Waals surface area contributed by atoms with Crippen molar-refractivity contribution >= 4 is 0 Å². The highest BCUT2D eigenvalue weighted by molar-refractivity contribution is 4.71. The molecule has 0 atom stereocenters. The minimum Gasteiger partial charge on any atom is -0.479 e. The maximum Gasteiger partial charge on any atom is 0.312 e. The van der Waals surface area contributed by atoms with Crippen LogP contribution in [0.4, 0.5) is 0 Å². The SMILES string of the molecule is N/C=C(/O)ON. The van der Waals surface area contributed by atoms with Gasteiger partial charge in [0.25, 0.3) is 0 Å². The molecule has 0 amide bonds. The van der Waals surface area contributed by atoms with Crippen LogP contribution in [0.15, 0.2) is 12.1 Å². The molecule has 0 unspecified atom stereocenters. The van der Waals surface area contributed by atoms with E-state index in [9.17, 15) is 0 Å². The average Bonchev–Trinajstić information content (AvgIpc) is 1.65. The standard InChI is InChI=1S/C2H6N2O2/c3-1-2(5)6-4/h1,5H,3-4H2/b2-1-. The Kier molecular flexibility index (Phi) is 1.99. The second-order valence-corrected chi connectivity index (χ2v) is 0.623. The molecule has 0 aromatic rings. The van der Waals surface area contributed by atoms with E-state index in [4.69, 9.17) is 5.11 Å². The van der Waals surface area contributed by atoms with E-state index in [0.29, 0.717) is 0 Å². The van der Waals surface area contributed by atoms with Crippen molar-refractivity contribution in [1.29, 1.82) is 0 Å². The van der Waals surface area contributed by atoms with Crippen molar-refractivity contribution in [2.24, 2.45) is 11.6 Å². The summed E-state index contributed by atoms with van der Waals surface area (Å²) >= 11 is 0. The zero-order valence-electron chi connectivity index (χ0n) is 3.09. The molecule has 0 aromatic carbocycles. The first-order valence-electron chi connectivity index (χ1n) is 1.29. The van der Waals surface area contributed by atoms with Crippen molar-refractivity contribution in [3.8, 4) is 0 Å². The van der Waals surface area contributed by atoms with Crippen molar-refractivity contribution in [3.63, 3.8) is 0 Å². The Morgan fingerprint density at radius 3 is 2.33 bits per heavy atom. The van der Waals surface area contributed by atoms with Crippen molar-refractivity contribution in [2.75, 3.05) is 0 Å². The molecule has 0 heterocycles. The van der Waals surface area contributed by atoms with E-state index < -0.39 is 5.95 Å². The second-order valence-electron chi connectivity index (χ2n) is 0.623. The third-order valence-corrected chi connectivity index (χ3v) is 0.263. The molecule has 6 heavy (non-hydrogen) atoms. The topological polar surface area (TPSA) is 81.5 Å². The Bertz CT molecular complexity index is 60.6. The number of hydrogen-bond acceptors (Lipinski definition) is 4. The van der Waals surface area contributed by atoms with Gasteiger partial charge in [0.2, 0.25) is 0 Å². The van der Waals surface area contributed by atoms with Crippen LogP contribution in [-0.4, -0.2) is 5.11 Å². The van der Waals surface area contributed by atoms with Gasteiger partial charge < -0.3 is 15.7 Å². The maximum absolute atomic E-state index is 8.06. The average molecular weight is 90.1 g/mol. The van der Waals surface area contributed by atoms with Crippen LogP contribution in [0.1, 0.15) is 0 Å². The van der Waals surface area contributed by atoms with Gasteiger partial charge in [-0.1, -0.05) is 0 Å². The van der Waals surface area contributed by atoms with Gasteiger partial charge in [-0.15, -0.1) is 0 Å². The van der Waals surface area contributed by atoms with Gasteiger partial charge in [0.1, 0.15) is 0 Å². The fraction of sp³-hybridized carbons (Fsp3) is 0. The van der Waals surface area contributed by atoms with Crippen molar-refractivity contribution in [1.82, 2.24) is 0 Å². The summed E-state index contributed by atoms with van der Waals surface area (Å²) in [6.45, 7) is 0. The molecule has 5 N–H and O–H groups in total. The van der Waals surface area contributed by atoms with Crippen LogP contribution in [0.3, 0.4) is 0 Å². The van der Waals surface area contributed by atoms with Crippen LogP contribution >= 0.6 is 0 Å². The number of aliphatic hydroxyl groups excluding tert-OH is 1. The van der Waals surface area contributed by atoms with Crippen LogP contribution in [-0.2, 0) is 4.84 Å². The predicted molar refractivity (Wildman–Crippen MR) is 20.2 cm³/mol. The highest BCUT2D eigenvalue weighted by atomic mass is 16.7. The van der Waals surface area contributed by atoms with Crippen LogP contribution in [0, 0.1) is 0 Å². The minimum absolute atomic E-state index is 0.477. The smallest absolute Gasteiger partial charge is 0.312 e. The van der Waals surface area contributed by atoms with Crippen LogP contribution in [0.5, 0.6) is 0 Å². The minimum atomic E-state index is -0.477. The molecular formula is C2H6N2O2. The van der Waals surface area contributed by atoms with E-state index in [-0.39, 0.29) is 0 Å². The fourth-order valence-electron chi connectivity index (χ4n) is 0.0393. The first-order chi connectivity index (χ1) is 2.81. The Morgan fingerprint density at radius 1 is 1.83 bits per heavy atom. The van der Waals surface area contributed by atoms with Crippen LogP contribution in [0.25, 0.3) is 0 Å². The normalized spacial score (nSPS) is 11.2. The molecule has 0 aromatic heterocycles. The van der Waals surface area contributed by atoms with Gasteiger partial charge in [0, 0.05) is 0 Å². The Morgan fingerprint density at radius 2 is 2.33 bits per heavy atom. The fourth-order valence-corrected chi connectivity index (χ4v) is 0.0393. The summed E-state index contributed by atoms with van der Waals surface area (Å²) in [4.78, 5) is 3.69. The van der Waals surface area contributed by atoms with E-state index in [1.54, 1.807) is 0 Å². The lowest BCUT2D eigenvalue weighted by Crippen LogP contribution is -1.99.